The number of aliphatic hydroxyl groups is 1. The average molecular weight is 204 g/mol. The molecule has 0 aliphatic rings. The Morgan fingerprint density at radius 2 is 2.27 bits per heavy atom. The molecule has 3 heteroatoms. The number of fused-ring (bicyclic) bond motifs is 1. The van der Waals surface area contributed by atoms with Crippen LogP contribution in [0.2, 0.25) is 0 Å². The van der Waals surface area contributed by atoms with Crippen LogP contribution in [-0.4, -0.2) is 16.7 Å². The highest BCUT2D eigenvalue weighted by Crippen LogP contribution is 2.23. The highest BCUT2D eigenvalue weighted by molar-refractivity contribution is 5.83. The fraction of sp³-hybridized carbons (Fsp3) is 0.333. The summed E-state index contributed by atoms with van der Waals surface area (Å²) in [5.41, 5.74) is 9.41. The fourth-order valence-electron chi connectivity index (χ4n) is 1.91. The van der Waals surface area contributed by atoms with Crippen molar-refractivity contribution < 1.29 is 5.11 Å². The van der Waals surface area contributed by atoms with E-state index in [1.807, 2.05) is 12.3 Å². The summed E-state index contributed by atoms with van der Waals surface area (Å²) in [6, 6.07) is 6.13. The molecule has 80 valence electrons. The van der Waals surface area contributed by atoms with Gasteiger partial charge in [0.1, 0.15) is 0 Å². The number of aromatic nitrogens is 1. The van der Waals surface area contributed by atoms with E-state index >= 15 is 0 Å². The third-order valence-electron chi connectivity index (χ3n) is 2.75. The smallest absolute Gasteiger partial charge is 0.0483 e. The highest BCUT2D eigenvalue weighted by atomic mass is 16.3. The molecule has 1 heterocycles. The second-order valence-corrected chi connectivity index (χ2v) is 3.90. The second-order valence-electron chi connectivity index (χ2n) is 3.90. The van der Waals surface area contributed by atoms with Crippen molar-refractivity contribution in [2.45, 2.75) is 19.4 Å². The number of nitrogens with one attached hydrogen (secondary N) is 1. The molecule has 15 heavy (non-hydrogen) atoms. The molecule has 1 atom stereocenters. The molecule has 0 aliphatic heterocycles. The van der Waals surface area contributed by atoms with Crippen molar-refractivity contribution in [3.05, 3.63) is 35.5 Å². The van der Waals surface area contributed by atoms with E-state index in [0.717, 1.165) is 11.1 Å². The van der Waals surface area contributed by atoms with Gasteiger partial charge in [-0.15, -0.1) is 0 Å². The van der Waals surface area contributed by atoms with Gasteiger partial charge in [0.25, 0.3) is 0 Å². The van der Waals surface area contributed by atoms with Crippen LogP contribution < -0.4 is 5.73 Å². The van der Waals surface area contributed by atoms with Crippen LogP contribution in [0.25, 0.3) is 10.9 Å². The molecule has 0 saturated carbocycles. The van der Waals surface area contributed by atoms with E-state index in [-0.39, 0.29) is 12.6 Å². The number of nitrogens with two attached hydrogens (primary N) is 1. The van der Waals surface area contributed by atoms with Crippen LogP contribution in [0, 0.1) is 6.92 Å². The Morgan fingerprint density at radius 3 is 3.00 bits per heavy atom. The minimum Gasteiger partial charge on any atom is -0.396 e. The van der Waals surface area contributed by atoms with Gasteiger partial charge in [0, 0.05) is 24.4 Å². The second kappa shape index (κ2) is 4.04. The lowest BCUT2D eigenvalue weighted by Crippen LogP contribution is -2.12. The largest absolute Gasteiger partial charge is 0.396 e. The zero-order valence-corrected chi connectivity index (χ0v) is 8.83. The van der Waals surface area contributed by atoms with Gasteiger partial charge < -0.3 is 15.8 Å². The van der Waals surface area contributed by atoms with Gasteiger partial charge in [0.2, 0.25) is 0 Å². The number of aliphatic hydroxyl groups excluding tert-OH is 1. The van der Waals surface area contributed by atoms with Gasteiger partial charge in [-0.3, -0.25) is 0 Å². The number of aromatic amines is 1. The number of hydrogen-bond donors (Lipinski definition) is 3. The molecule has 1 aromatic heterocycles. The van der Waals surface area contributed by atoms with Crippen molar-refractivity contribution in [2.24, 2.45) is 5.73 Å². The van der Waals surface area contributed by atoms with Crippen molar-refractivity contribution in [2.75, 3.05) is 6.61 Å². The molecule has 0 aliphatic carbocycles. The lowest BCUT2D eigenvalue weighted by Gasteiger charge is -2.11. The van der Waals surface area contributed by atoms with Crippen LogP contribution in [0.1, 0.15) is 23.6 Å². The van der Waals surface area contributed by atoms with Crippen molar-refractivity contribution in [1.82, 2.24) is 4.98 Å². The summed E-state index contributed by atoms with van der Waals surface area (Å²) in [6.45, 7) is 2.19. The Kier molecular flexibility index (Phi) is 2.75. The molecule has 3 nitrogen and oxygen atoms in total. The van der Waals surface area contributed by atoms with Crippen molar-refractivity contribution in [3.8, 4) is 0 Å². The molecule has 1 unspecified atom stereocenters. The molecule has 0 amide bonds. The fourth-order valence-corrected chi connectivity index (χ4v) is 1.91. The first-order chi connectivity index (χ1) is 7.22. The third-order valence-corrected chi connectivity index (χ3v) is 2.75. The van der Waals surface area contributed by atoms with E-state index in [1.54, 1.807) is 0 Å². The predicted molar refractivity (Wildman–Crippen MR) is 61.7 cm³/mol. The topological polar surface area (TPSA) is 62.0 Å². The summed E-state index contributed by atoms with van der Waals surface area (Å²) >= 11 is 0. The Balaban J connectivity index is 2.44. The molecule has 2 aromatic rings. The Morgan fingerprint density at radius 1 is 1.47 bits per heavy atom. The molecular weight excluding hydrogens is 188 g/mol. The van der Waals surface area contributed by atoms with Crippen molar-refractivity contribution >= 4 is 10.9 Å². The van der Waals surface area contributed by atoms with Gasteiger partial charge in [-0.1, -0.05) is 6.07 Å². The molecule has 0 fully saturated rings. The lowest BCUT2D eigenvalue weighted by atomic mass is 10.0. The van der Waals surface area contributed by atoms with E-state index in [2.05, 4.69) is 24.0 Å². The third kappa shape index (κ3) is 1.89. The van der Waals surface area contributed by atoms with Gasteiger partial charge >= 0.3 is 0 Å². The minimum absolute atomic E-state index is 0.0759. The number of H-pyrrole nitrogens is 1. The quantitative estimate of drug-likeness (QED) is 0.714. The van der Waals surface area contributed by atoms with Crippen LogP contribution >= 0.6 is 0 Å². The zero-order chi connectivity index (χ0) is 10.8. The number of aryl methyl sites for hydroxylation is 1. The van der Waals surface area contributed by atoms with Crippen molar-refractivity contribution in [1.29, 1.82) is 0 Å². The van der Waals surface area contributed by atoms with Crippen molar-refractivity contribution in [3.63, 3.8) is 0 Å². The van der Waals surface area contributed by atoms with Crippen LogP contribution in [-0.2, 0) is 0 Å². The monoisotopic (exact) mass is 204 g/mol. The Labute approximate surface area is 88.9 Å². The number of rotatable bonds is 3. The van der Waals surface area contributed by atoms with Gasteiger partial charge in [0.15, 0.2) is 0 Å². The van der Waals surface area contributed by atoms with Gasteiger partial charge in [0.05, 0.1) is 0 Å². The van der Waals surface area contributed by atoms with Gasteiger partial charge in [-0.2, -0.15) is 0 Å². The summed E-state index contributed by atoms with van der Waals surface area (Å²) in [4.78, 5) is 3.20. The first-order valence-corrected chi connectivity index (χ1v) is 5.16. The normalized spacial score (nSPS) is 13.3. The van der Waals surface area contributed by atoms with E-state index in [1.165, 1.54) is 10.9 Å². The predicted octanol–water partition coefficient (Wildman–Crippen LogP) is 1.86. The van der Waals surface area contributed by atoms with Crippen LogP contribution in [0.5, 0.6) is 0 Å². The summed E-state index contributed by atoms with van der Waals surface area (Å²) in [7, 11) is 0. The van der Waals surface area contributed by atoms with Crippen LogP contribution in [0.15, 0.2) is 24.4 Å². The van der Waals surface area contributed by atoms with E-state index in [4.69, 9.17) is 10.8 Å². The van der Waals surface area contributed by atoms with Gasteiger partial charge in [-0.05, 0) is 42.0 Å². The molecule has 0 radical (unpaired) electrons. The van der Waals surface area contributed by atoms with E-state index in [9.17, 15) is 0 Å². The Hall–Kier alpha value is -1.32. The number of benzene rings is 1. The molecule has 2 rings (SSSR count). The van der Waals surface area contributed by atoms with Crippen LogP contribution in [0.3, 0.4) is 0 Å². The molecule has 0 saturated heterocycles. The molecule has 0 bridgehead atoms. The first kappa shape index (κ1) is 10.2. The standard InChI is InChI=1S/C12H16N2O/c1-8-6-10(11(13)3-5-15)7-9-2-4-14-12(8)9/h2,4,6-7,11,14-15H,3,5,13H2,1H3. The lowest BCUT2D eigenvalue weighted by molar-refractivity contribution is 0.276. The summed E-state index contributed by atoms with van der Waals surface area (Å²) < 4.78 is 0. The maximum absolute atomic E-state index is 8.85. The zero-order valence-electron chi connectivity index (χ0n) is 8.83. The molecule has 1 aromatic carbocycles. The van der Waals surface area contributed by atoms with E-state index in [0.29, 0.717) is 6.42 Å². The summed E-state index contributed by atoms with van der Waals surface area (Å²) in [5.74, 6) is 0. The maximum atomic E-state index is 8.85. The first-order valence-electron chi connectivity index (χ1n) is 5.16. The molecule has 0 spiro atoms. The number of hydrogen-bond acceptors (Lipinski definition) is 2. The summed E-state index contributed by atoms with van der Waals surface area (Å²) in [6.07, 6.45) is 2.54. The van der Waals surface area contributed by atoms with Crippen LogP contribution in [0.4, 0.5) is 0 Å². The minimum atomic E-state index is -0.0759. The summed E-state index contributed by atoms with van der Waals surface area (Å²) in [5, 5.41) is 10.0. The average Bonchev–Trinajstić information content (AvgIpc) is 2.66. The Bertz CT molecular complexity index is 462. The van der Waals surface area contributed by atoms with E-state index < -0.39 is 0 Å². The highest BCUT2D eigenvalue weighted by Gasteiger charge is 2.08. The van der Waals surface area contributed by atoms with Gasteiger partial charge in [-0.25, -0.2) is 0 Å². The molecule has 4 N–H and O–H groups in total. The SMILES string of the molecule is Cc1cc(C(N)CCO)cc2cc[nH]c12. The maximum Gasteiger partial charge on any atom is 0.0483 e. The molecular formula is C12H16N2O.